The van der Waals surface area contributed by atoms with Crippen molar-refractivity contribution >= 4 is 11.6 Å². The van der Waals surface area contributed by atoms with Gasteiger partial charge in [0.1, 0.15) is 11.9 Å². The molecule has 3 rings (SSSR count). The lowest BCUT2D eigenvalue weighted by atomic mass is 10.1. The third-order valence-corrected chi connectivity index (χ3v) is 3.30. The summed E-state index contributed by atoms with van der Waals surface area (Å²) in [5, 5.41) is 6.18. The number of hydrogen-bond donors (Lipinski definition) is 3. The number of para-hydroxylation sites is 1. The molecule has 0 bridgehead atoms. The van der Waals surface area contributed by atoms with Crippen molar-refractivity contribution in [2.75, 3.05) is 11.9 Å². The van der Waals surface area contributed by atoms with Crippen LogP contribution < -0.4 is 10.6 Å². The maximum atomic E-state index is 12.0. The Hall–Kier alpha value is -2.30. The van der Waals surface area contributed by atoms with Crippen molar-refractivity contribution < 1.29 is 4.79 Å². The molecule has 1 atom stereocenters. The highest BCUT2D eigenvalue weighted by atomic mass is 16.2. The van der Waals surface area contributed by atoms with E-state index < -0.39 is 0 Å². The number of nitrogens with one attached hydrogen (secondary N) is 3. The molecule has 5 nitrogen and oxygen atoms in total. The van der Waals surface area contributed by atoms with Gasteiger partial charge in [0.25, 0.3) is 0 Å². The summed E-state index contributed by atoms with van der Waals surface area (Å²) < 4.78 is 0. The van der Waals surface area contributed by atoms with Gasteiger partial charge in [-0.05, 0) is 11.6 Å². The van der Waals surface area contributed by atoms with Crippen LogP contribution in [0.15, 0.2) is 36.7 Å². The zero-order valence-electron chi connectivity index (χ0n) is 10.5. The van der Waals surface area contributed by atoms with Gasteiger partial charge in [-0.15, -0.1) is 0 Å². The fourth-order valence-electron chi connectivity index (χ4n) is 2.32. The number of imidazole rings is 1. The van der Waals surface area contributed by atoms with Gasteiger partial charge in [-0.1, -0.05) is 18.2 Å². The van der Waals surface area contributed by atoms with E-state index >= 15 is 0 Å². The second-order valence-electron chi connectivity index (χ2n) is 4.64. The van der Waals surface area contributed by atoms with E-state index in [-0.39, 0.29) is 11.9 Å². The Morgan fingerprint density at radius 2 is 2.32 bits per heavy atom. The van der Waals surface area contributed by atoms with Crippen LogP contribution in [0.2, 0.25) is 0 Å². The lowest BCUT2D eigenvalue weighted by molar-refractivity contribution is -0.121. The molecule has 0 spiro atoms. The quantitative estimate of drug-likeness (QED) is 0.767. The number of nitrogens with zero attached hydrogens (tertiary/aromatic N) is 1. The van der Waals surface area contributed by atoms with Crippen molar-refractivity contribution in [1.82, 2.24) is 15.3 Å². The summed E-state index contributed by atoms with van der Waals surface area (Å²) in [5.74, 6) is 0.936. The number of fused-ring (bicyclic) bond motifs is 1. The smallest absolute Gasteiger partial charge is 0.242 e. The summed E-state index contributed by atoms with van der Waals surface area (Å²) in [6, 6.07) is 7.87. The van der Waals surface area contributed by atoms with Crippen LogP contribution in [0.25, 0.3) is 0 Å². The number of benzene rings is 1. The van der Waals surface area contributed by atoms with E-state index in [1.54, 1.807) is 12.4 Å². The molecule has 19 heavy (non-hydrogen) atoms. The first-order valence-electron chi connectivity index (χ1n) is 6.43. The lowest BCUT2D eigenvalue weighted by Gasteiger charge is -2.11. The Morgan fingerprint density at radius 3 is 3.11 bits per heavy atom. The summed E-state index contributed by atoms with van der Waals surface area (Å²) in [6.45, 7) is 0.598. The molecule has 0 fully saturated rings. The summed E-state index contributed by atoms with van der Waals surface area (Å²) in [6.07, 6.45) is 4.97. The second kappa shape index (κ2) is 5.14. The largest absolute Gasteiger partial charge is 0.373 e. The normalized spacial score (nSPS) is 16.7. The van der Waals surface area contributed by atoms with Gasteiger partial charge in [-0.25, -0.2) is 4.98 Å². The molecule has 3 N–H and O–H groups in total. The zero-order valence-corrected chi connectivity index (χ0v) is 10.5. The van der Waals surface area contributed by atoms with E-state index in [0.717, 1.165) is 24.4 Å². The fraction of sp³-hybridized carbons (Fsp3) is 0.286. The van der Waals surface area contributed by atoms with Crippen molar-refractivity contribution in [2.24, 2.45) is 0 Å². The van der Waals surface area contributed by atoms with E-state index in [0.29, 0.717) is 6.54 Å². The van der Waals surface area contributed by atoms with Gasteiger partial charge in [0.05, 0.1) is 0 Å². The predicted octanol–water partition coefficient (Wildman–Crippen LogP) is 1.11. The molecular formula is C14H16N4O. The first kappa shape index (κ1) is 11.8. The Balaban J connectivity index is 1.50. The number of rotatable bonds is 4. The van der Waals surface area contributed by atoms with Gasteiger partial charge in [-0.2, -0.15) is 0 Å². The number of amides is 1. The lowest BCUT2D eigenvalue weighted by Crippen LogP contribution is -2.39. The molecule has 1 aromatic heterocycles. The Kier molecular flexibility index (Phi) is 3.18. The maximum Gasteiger partial charge on any atom is 0.242 e. The third-order valence-electron chi connectivity index (χ3n) is 3.30. The molecule has 1 aliphatic rings. The van der Waals surface area contributed by atoms with Crippen molar-refractivity contribution in [3.8, 4) is 0 Å². The summed E-state index contributed by atoms with van der Waals surface area (Å²) in [7, 11) is 0. The molecule has 1 amide bonds. The van der Waals surface area contributed by atoms with Crippen LogP contribution in [0.1, 0.15) is 11.4 Å². The molecule has 1 aliphatic heterocycles. The highest BCUT2D eigenvalue weighted by Gasteiger charge is 2.25. The average molecular weight is 256 g/mol. The first-order chi connectivity index (χ1) is 9.33. The molecule has 2 aromatic rings. The summed E-state index contributed by atoms with van der Waals surface area (Å²) in [4.78, 5) is 19.2. The topological polar surface area (TPSA) is 69.8 Å². The van der Waals surface area contributed by atoms with Gasteiger partial charge in [0.15, 0.2) is 0 Å². The molecule has 2 heterocycles. The van der Waals surface area contributed by atoms with Crippen LogP contribution in [-0.2, 0) is 17.6 Å². The number of anilines is 1. The van der Waals surface area contributed by atoms with Crippen molar-refractivity contribution in [3.63, 3.8) is 0 Å². The first-order valence-corrected chi connectivity index (χ1v) is 6.43. The molecule has 98 valence electrons. The van der Waals surface area contributed by atoms with E-state index in [2.05, 4.69) is 26.7 Å². The van der Waals surface area contributed by atoms with Gasteiger partial charge >= 0.3 is 0 Å². The fourth-order valence-corrected chi connectivity index (χ4v) is 2.32. The van der Waals surface area contributed by atoms with Crippen LogP contribution in [0.4, 0.5) is 5.69 Å². The minimum Gasteiger partial charge on any atom is -0.373 e. The van der Waals surface area contributed by atoms with Crippen LogP contribution >= 0.6 is 0 Å². The predicted molar refractivity (Wildman–Crippen MR) is 72.9 cm³/mol. The minimum absolute atomic E-state index is 0.0442. The van der Waals surface area contributed by atoms with Crippen molar-refractivity contribution in [3.05, 3.63) is 48.0 Å². The number of aromatic nitrogens is 2. The van der Waals surface area contributed by atoms with Crippen molar-refractivity contribution in [1.29, 1.82) is 0 Å². The number of carbonyl (C=O) groups excluding carboxylic acids is 1. The van der Waals surface area contributed by atoms with Crippen LogP contribution in [-0.4, -0.2) is 28.5 Å². The van der Waals surface area contributed by atoms with Crippen LogP contribution in [0.3, 0.4) is 0 Å². The van der Waals surface area contributed by atoms with Gasteiger partial charge < -0.3 is 15.6 Å². The number of carbonyl (C=O) groups is 1. The van der Waals surface area contributed by atoms with Crippen molar-refractivity contribution in [2.45, 2.75) is 18.9 Å². The molecule has 5 heteroatoms. The highest BCUT2D eigenvalue weighted by molar-refractivity contribution is 5.87. The third kappa shape index (κ3) is 2.59. The van der Waals surface area contributed by atoms with E-state index in [1.165, 1.54) is 5.56 Å². The Morgan fingerprint density at radius 1 is 1.42 bits per heavy atom. The molecular weight excluding hydrogens is 240 g/mol. The molecule has 1 unspecified atom stereocenters. The highest BCUT2D eigenvalue weighted by Crippen LogP contribution is 2.24. The Labute approximate surface area is 111 Å². The van der Waals surface area contributed by atoms with Crippen LogP contribution in [0.5, 0.6) is 0 Å². The second-order valence-corrected chi connectivity index (χ2v) is 4.64. The number of H-pyrrole nitrogens is 1. The zero-order chi connectivity index (χ0) is 13.1. The standard InChI is InChI=1S/C14H16N4O/c19-14(17-6-5-13-15-7-8-16-13)12-9-10-3-1-2-4-11(10)18-12/h1-4,7-8,12,18H,5-6,9H2,(H,15,16)(H,17,19). The molecule has 0 saturated carbocycles. The van der Waals surface area contributed by atoms with Gasteiger partial charge in [0, 0.05) is 37.5 Å². The number of hydrogen-bond acceptors (Lipinski definition) is 3. The summed E-state index contributed by atoms with van der Waals surface area (Å²) in [5.41, 5.74) is 2.27. The van der Waals surface area contributed by atoms with E-state index in [9.17, 15) is 4.79 Å². The van der Waals surface area contributed by atoms with Crippen LogP contribution in [0, 0.1) is 0 Å². The van der Waals surface area contributed by atoms with Gasteiger partial charge in [0.2, 0.25) is 5.91 Å². The summed E-state index contributed by atoms with van der Waals surface area (Å²) >= 11 is 0. The molecule has 0 saturated heterocycles. The maximum absolute atomic E-state index is 12.0. The Bertz CT molecular complexity index is 540. The molecule has 0 aliphatic carbocycles. The van der Waals surface area contributed by atoms with E-state index in [4.69, 9.17) is 0 Å². The average Bonchev–Trinajstić information content (AvgIpc) is 3.07. The SMILES string of the molecule is O=C(NCCc1ncc[nH]1)C1Cc2ccccc2N1. The van der Waals surface area contributed by atoms with E-state index in [1.807, 2.05) is 18.2 Å². The molecule has 1 aromatic carbocycles. The monoisotopic (exact) mass is 256 g/mol. The van der Waals surface area contributed by atoms with Gasteiger partial charge in [-0.3, -0.25) is 4.79 Å². The number of aromatic amines is 1. The minimum atomic E-state index is -0.158. The molecule has 0 radical (unpaired) electrons.